The van der Waals surface area contributed by atoms with Crippen LogP contribution in [0.4, 0.5) is 21.0 Å². The molecule has 0 radical (unpaired) electrons. The van der Waals surface area contributed by atoms with Gasteiger partial charge in [0.25, 0.3) is 5.91 Å². The minimum absolute atomic E-state index is 0.217. The molecule has 11 heteroatoms. The van der Waals surface area contributed by atoms with Crippen molar-refractivity contribution in [1.29, 1.82) is 0 Å². The predicted molar refractivity (Wildman–Crippen MR) is 136 cm³/mol. The fourth-order valence-electron chi connectivity index (χ4n) is 4.63. The second-order valence-corrected chi connectivity index (χ2v) is 9.21. The third-order valence-electron chi connectivity index (χ3n) is 6.70. The van der Waals surface area contributed by atoms with Gasteiger partial charge in [0.2, 0.25) is 11.9 Å². The Labute approximate surface area is 214 Å². The maximum atomic E-state index is 13.8. The van der Waals surface area contributed by atoms with E-state index in [4.69, 9.17) is 5.73 Å². The summed E-state index contributed by atoms with van der Waals surface area (Å²) in [6, 6.07) is 5.77. The van der Waals surface area contributed by atoms with Crippen molar-refractivity contribution in [3.8, 4) is 0 Å². The Morgan fingerprint density at radius 2 is 1.97 bits per heavy atom. The molecule has 0 bridgehead atoms. The van der Waals surface area contributed by atoms with Crippen LogP contribution in [0.25, 0.3) is 0 Å². The molecule has 3 N–H and O–H groups in total. The normalized spacial score (nSPS) is 17.8. The van der Waals surface area contributed by atoms with Crippen LogP contribution in [0.15, 0.2) is 48.9 Å². The third kappa shape index (κ3) is 5.02. The minimum Gasteiger partial charge on any atom is -0.384 e. The van der Waals surface area contributed by atoms with Gasteiger partial charge < -0.3 is 15.6 Å². The molecule has 0 spiro atoms. The molecule has 3 aromatic rings. The van der Waals surface area contributed by atoms with Gasteiger partial charge in [-0.1, -0.05) is 19.1 Å². The average Bonchev–Trinajstić information content (AvgIpc) is 3.30. The number of carbonyl (C=O) groups excluding carboxylic acids is 3. The largest absolute Gasteiger partial charge is 0.384 e. The fourth-order valence-corrected chi connectivity index (χ4v) is 4.63. The number of imide groups is 1. The topological polar surface area (TPSA) is 126 Å². The minimum atomic E-state index is -1.05. The second kappa shape index (κ2) is 10.4. The van der Waals surface area contributed by atoms with Crippen LogP contribution in [0.5, 0.6) is 0 Å². The number of benzene rings is 1. The SMILES string of the molecule is CC[C@@H](NC(=O)N1C(=O)[C@H](Cc2ccnc(N)c2)[C@H]1C(=O)N(C)c1nccn1C)c1ccc(F)c(C)c1. The van der Waals surface area contributed by atoms with Crippen LogP contribution in [-0.4, -0.2) is 50.4 Å². The number of imidazole rings is 1. The van der Waals surface area contributed by atoms with Crippen molar-refractivity contribution in [2.45, 2.75) is 38.8 Å². The van der Waals surface area contributed by atoms with Crippen LogP contribution in [0, 0.1) is 18.7 Å². The first-order valence-electron chi connectivity index (χ1n) is 12.0. The van der Waals surface area contributed by atoms with Gasteiger partial charge in [-0.15, -0.1) is 0 Å². The Morgan fingerprint density at radius 1 is 1.22 bits per heavy atom. The summed E-state index contributed by atoms with van der Waals surface area (Å²) in [6.07, 6.45) is 5.51. The number of hydrogen-bond donors (Lipinski definition) is 2. The summed E-state index contributed by atoms with van der Waals surface area (Å²) in [5, 5.41) is 2.85. The van der Waals surface area contributed by atoms with Crippen molar-refractivity contribution < 1.29 is 18.8 Å². The monoisotopic (exact) mass is 507 g/mol. The molecule has 2 aromatic heterocycles. The Morgan fingerprint density at radius 3 is 2.59 bits per heavy atom. The molecule has 1 fully saturated rings. The molecule has 194 valence electrons. The van der Waals surface area contributed by atoms with Crippen molar-refractivity contribution in [2.75, 3.05) is 17.7 Å². The molecule has 4 rings (SSSR count). The molecular weight excluding hydrogens is 477 g/mol. The number of amides is 4. The zero-order valence-corrected chi connectivity index (χ0v) is 21.2. The van der Waals surface area contributed by atoms with E-state index in [0.717, 1.165) is 10.5 Å². The molecule has 37 heavy (non-hydrogen) atoms. The van der Waals surface area contributed by atoms with Crippen LogP contribution in [0.3, 0.4) is 0 Å². The highest BCUT2D eigenvalue weighted by atomic mass is 19.1. The van der Waals surface area contributed by atoms with Crippen LogP contribution in [-0.2, 0) is 23.1 Å². The first-order chi connectivity index (χ1) is 17.6. The number of pyridine rings is 1. The maximum Gasteiger partial charge on any atom is 0.325 e. The van der Waals surface area contributed by atoms with Crippen LogP contribution < -0.4 is 16.0 Å². The summed E-state index contributed by atoms with van der Waals surface area (Å²) < 4.78 is 15.5. The molecule has 1 aromatic carbocycles. The lowest BCUT2D eigenvalue weighted by molar-refractivity contribution is -0.156. The second-order valence-electron chi connectivity index (χ2n) is 9.21. The molecule has 3 heterocycles. The Balaban J connectivity index is 1.61. The molecule has 0 unspecified atom stereocenters. The zero-order chi connectivity index (χ0) is 26.9. The summed E-state index contributed by atoms with van der Waals surface area (Å²) in [6.45, 7) is 3.51. The van der Waals surface area contributed by atoms with Crippen molar-refractivity contribution in [3.05, 3.63) is 71.4 Å². The molecule has 1 aliphatic heterocycles. The predicted octanol–water partition coefficient (Wildman–Crippen LogP) is 2.74. The van der Waals surface area contributed by atoms with Crippen LogP contribution in [0.2, 0.25) is 0 Å². The van der Waals surface area contributed by atoms with Crippen LogP contribution >= 0.6 is 0 Å². The summed E-state index contributed by atoms with van der Waals surface area (Å²) in [5.74, 6) is -1.34. The number of β-lactam (4-membered cyclic amide) rings is 1. The number of likely N-dealkylation sites (tertiary alicyclic amines) is 1. The number of aryl methyl sites for hydroxylation is 2. The summed E-state index contributed by atoms with van der Waals surface area (Å²) >= 11 is 0. The number of nitrogens with two attached hydrogens (primary N) is 1. The lowest BCUT2D eigenvalue weighted by Gasteiger charge is -2.45. The molecule has 0 aliphatic carbocycles. The number of aromatic nitrogens is 3. The number of rotatable bonds is 7. The van der Waals surface area contributed by atoms with Gasteiger partial charge in [-0.25, -0.2) is 19.2 Å². The van der Waals surface area contributed by atoms with Crippen LogP contribution in [0.1, 0.15) is 36.1 Å². The van der Waals surface area contributed by atoms with E-state index in [9.17, 15) is 18.8 Å². The standard InChI is InChI=1S/C26H30FN7O3/c1-5-20(17-6-7-19(27)15(2)12-17)31-26(37)34-22(24(36)33(4)25-30-10-11-32(25)3)18(23(34)35)13-16-8-9-29-21(28)14-16/h6-12,14,18,20,22H,5,13H2,1-4H3,(H2,28,29)(H,31,37)/t18-,20-,22+/m1/s1. The quantitative estimate of drug-likeness (QED) is 0.474. The molecule has 0 saturated carbocycles. The molecule has 3 atom stereocenters. The van der Waals surface area contributed by atoms with Crippen molar-refractivity contribution in [1.82, 2.24) is 24.8 Å². The van der Waals surface area contributed by atoms with Crippen molar-refractivity contribution in [2.24, 2.45) is 13.0 Å². The Kier molecular flexibility index (Phi) is 7.23. The molecular formula is C26H30FN7O3. The van der Waals surface area contributed by atoms with Gasteiger partial charge in [0.15, 0.2) is 0 Å². The summed E-state index contributed by atoms with van der Waals surface area (Å²) in [5.41, 5.74) is 7.68. The zero-order valence-electron chi connectivity index (χ0n) is 21.2. The number of carbonyl (C=O) groups is 3. The number of nitrogens with zero attached hydrogens (tertiary/aromatic N) is 5. The van der Waals surface area contributed by atoms with E-state index in [1.165, 1.54) is 17.2 Å². The molecule has 4 amide bonds. The number of likely N-dealkylation sites (N-methyl/N-ethyl adjacent to an activating group) is 1. The number of urea groups is 1. The number of hydrogen-bond acceptors (Lipinski definition) is 6. The lowest BCUT2D eigenvalue weighted by Crippen LogP contribution is -2.70. The van der Waals surface area contributed by atoms with Crippen molar-refractivity contribution >= 4 is 29.6 Å². The average molecular weight is 508 g/mol. The van der Waals surface area contributed by atoms with E-state index in [0.29, 0.717) is 29.3 Å². The smallest absolute Gasteiger partial charge is 0.325 e. The van der Waals surface area contributed by atoms with E-state index >= 15 is 0 Å². The van der Waals surface area contributed by atoms with Gasteiger partial charge >= 0.3 is 6.03 Å². The van der Waals surface area contributed by atoms with Gasteiger partial charge in [0, 0.05) is 32.7 Å². The highest BCUT2D eigenvalue weighted by Crippen LogP contribution is 2.33. The molecule has 10 nitrogen and oxygen atoms in total. The van der Waals surface area contributed by atoms with Gasteiger partial charge in [-0.2, -0.15) is 0 Å². The summed E-state index contributed by atoms with van der Waals surface area (Å²) in [7, 11) is 3.30. The van der Waals surface area contributed by atoms with Gasteiger partial charge in [0.1, 0.15) is 17.7 Å². The highest BCUT2D eigenvalue weighted by molar-refractivity contribution is 6.12. The molecule has 1 saturated heterocycles. The van der Waals surface area contributed by atoms with Crippen molar-refractivity contribution in [3.63, 3.8) is 0 Å². The Bertz CT molecular complexity index is 1340. The third-order valence-corrected chi connectivity index (χ3v) is 6.70. The maximum absolute atomic E-state index is 13.8. The lowest BCUT2D eigenvalue weighted by atomic mass is 9.81. The first-order valence-corrected chi connectivity index (χ1v) is 12.0. The van der Waals surface area contributed by atoms with Gasteiger partial charge in [-0.05, 0) is 54.7 Å². The number of anilines is 2. The van der Waals surface area contributed by atoms with E-state index in [1.807, 2.05) is 6.92 Å². The number of nitrogen functional groups attached to an aromatic ring is 1. The summed E-state index contributed by atoms with van der Waals surface area (Å²) in [4.78, 5) is 50.8. The first kappa shape index (κ1) is 25.8. The van der Waals surface area contributed by atoms with Gasteiger partial charge in [-0.3, -0.25) is 19.4 Å². The van der Waals surface area contributed by atoms with E-state index in [1.54, 1.807) is 62.2 Å². The van der Waals surface area contributed by atoms with Gasteiger partial charge in [0.05, 0.1) is 12.0 Å². The highest BCUT2D eigenvalue weighted by Gasteiger charge is 2.55. The van der Waals surface area contributed by atoms with E-state index in [-0.39, 0.29) is 12.2 Å². The number of halogens is 1. The van der Waals surface area contributed by atoms with E-state index in [2.05, 4.69) is 15.3 Å². The Hall–Kier alpha value is -4.28. The molecule has 1 aliphatic rings. The fraction of sp³-hybridized carbons (Fsp3) is 0.346. The van der Waals surface area contributed by atoms with E-state index < -0.39 is 35.8 Å². The number of nitrogens with one attached hydrogen (secondary N) is 1.